The summed E-state index contributed by atoms with van der Waals surface area (Å²) in [7, 11) is 0. The van der Waals surface area contributed by atoms with E-state index in [9.17, 15) is 22.8 Å². The Balaban J connectivity index is 0.000000215. The lowest BCUT2D eigenvalue weighted by Crippen LogP contribution is -2.55. The number of carbonyl (C=O) groups is 2. The minimum atomic E-state index is -0.731. The van der Waals surface area contributed by atoms with Crippen molar-refractivity contribution < 1.29 is 41.4 Å². The number of aromatic nitrogens is 3. The van der Waals surface area contributed by atoms with Gasteiger partial charge in [0.2, 0.25) is 0 Å². The molecule has 2 aromatic carbocycles. The Morgan fingerprint density at radius 1 is 0.676 bits per heavy atom. The maximum absolute atomic E-state index is 15.2. The summed E-state index contributed by atoms with van der Waals surface area (Å²) in [5, 5.41) is 3.91. The first-order valence-corrected chi connectivity index (χ1v) is 23.1. The van der Waals surface area contributed by atoms with Gasteiger partial charge in [0.15, 0.2) is 0 Å². The van der Waals surface area contributed by atoms with Crippen LogP contribution in [0.5, 0.6) is 0 Å². The van der Waals surface area contributed by atoms with Crippen LogP contribution in [0.15, 0.2) is 42.7 Å². The topological polar surface area (TPSA) is 129 Å². The molecule has 3 aromatic heterocycles. The number of morpholine rings is 1. The van der Waals surface area contributed by atoms with E-state index in [4.69, 9.17) is 30.8 Å². The number of piperazine rings is 2. The summed E-state index contributed by atoms with van der Waals surface area (Å²) in [6.07, 6.45) is 2.76. The summed E-state index contributed by atoms with van der Waals surface area (Å²) in [5.74, 6) is -1.65. The highest BCUT2D eigenvalue weighted by Gasteiger charge is 2.34. The van der Waals surface area contributed by atoms with Gasteiger partial charge in [-0.25, -0.2) is 37.1 Å². The maximum atomic E-state index is 15.2. The molecule has 3 aliphatic heterocycles. The fraction of sp³-hybridized carbons (Fsp3) is 0.490. The van der Waals surface area contributed by atoms with Gasteiger partial charge in [-0.3, -0.25) is 4.98 Å². The molecule has 5 aromatic rings. The monoisotopic (exact) mass is 965 g/mol. The lowest BCUT2D eigenvalue weighted by molar-refractivity contribution is 0.0147. The summed E-state index contributed by atoms with van der Waals surface area (Å²) in [5.41, 5.74) is 2.68. The van der Waals surface area contributed by atoms with E-state index in [2.05, 4.69) is 25.1 Å². The third-order valence-electron chi connectivity index (χ3n) is 11.8. The minimum Gasteiger partial charge on any atom is -0.444 e. The number of benzene rings is 2. The lowest BCUT2D eigenvalue weighted by Gasteiger charge is -2.41. The SMILES string of the molecule is Cc1c(N2CCN(C(=O)OC(C)(C)C)[C@H](C)C2)nc2cc(F)cc(F)c2c1Cl.Cc1c(N2CCN(C(=O)OC(C)(C)C)[C@H](C)C2)nc2cc(F)cc(F)c2c1Nc1cncc(N2CCOCC2)c1. The highest BCUT2D eigenvalue weighted by Crippen LogP contribution is 2.39. The van der Waals surface area contributed by atoms with E-state index in [1.807, 2.05) is 73.3 Å². The average Bonchev–Trinajstić information content (AvgIpc) is 3.24. The number of fused-ring (bicyclic) bond motifs is 2. The first-order valence-electron chi connectivity index (χ1n) is 22.8. The van der Waals surface area contributed by atoms with Crippen LogP contribution in [0.2, 0.25) is 5.02 Å². The Labute approximate surface area is 399 Å². The van der Waals surface area contributed by atoms with E-state index >= 15 is 4.39 Å². The van der Waals surface area contributed by atoms with Crippen molar-refractivity contribution in [2.75, 3.05) is 85.6 Å². The van der Waals surface area contributed by atoms with Gasteiger partial charge in [-0.1, -0.05) is 11.6 Å². The summed E-state index contributed by atoms with van der Waals surface area (Å²) >= 11 is 6.38. The third kappa shape index (κ3) is 11.3. The number of anilines is 5. The molecule has 366 valence electrons. The van der Waals surface area contributed by atoms with Gasteiger partial charge >= 0.3 is 12.2 Å². The molecule has 0 spiro atoms. The fourth-order valence-corrected chi connectivity index (χ4v) is 8.90. The number of carbonyl (C=O) groups excluding carboxylic acids is 2. The normalized spacial score (nSPS) is 18.1. The molecule has 3 saturated heterocycles. The van der Waals surface area contributed by atoms with Gasteiger partial charge in [0.05, 0.1) is 69.5 Å². The van der Waals surface area contributed by atoms with Crippen LogP contribution in [-0.2, 0) is 14.2 Å². The van der Waals surface area contributed by atoms with Gasteiger partial charge in [-0.2, -0.15) is 0 Å². The molecule has 3 fully saturated rings. The van der Waals surface area contributed by atoms with Crippen LogP contribution in [-0.4, -0.2) is 126 Å². The molecule has 6 heterocycles. The fourth-order valence-electron chi connectivity index (χ4n) is 8.63. The van der Waals surface area contributed by atoms with Crippen LogP contribution in [0.3, 0.4) is 0 Å². The first kappa shape index (κ1) is 50.0. The van der Waals surface area contributed by atoms with E-state index in [0.29, 0.717) is 86.6 Å². The summed E-state index contributed by atoms with van der Waals surface area (Å²) in [4.78, 5) is 48.3. The number of pyridine rings is 3. The second-order valence-corrected chi connectivity index (χ2v) is 19.8. The Morgan fingerprint density at radius 3 is 1.66 bits per heavy atom. The maximum Gasteiger partial charge on any atom is 0.410 e. The van der Waals surface area contributed by atoms with Gasteiger partial charge in [0.25, 0.3) is 0 Å². The Morgan fingerprint density at radius 2 is 1.16 bits per heavy atom. The van der Waals surface area contributed by atoms with Crippen LogP contribution in [0, 0.1) is 37.1 Å². The van der Waals surface area contributed by atoms with E-state index in [-0.39, 0.29) is 51.1 Å². The number of hydrogen-bond acceptors (Lipinski definition) is 12. The average molecular weight is 967 g/mol. The quantitative estimate of drug-likeness (QED) is 0.168. The van der Waals surface area contributed by atoms with Crippen molar-refractivity contribution in [2.24, 2.45) is 0 Å². The summed E-state index contributed by atoms with van der Waals surface area (Å²) in [6.45, 7) is 24.2. The summed E-state index contributed by atoms with van der Waals surface area (Å²) < 4.78 is 73.9. The molecule has 2 amide bonds. The molecule has 3 aliphatic rings. The van der Waals surface area contributed by atoms with Crippen molar-refractivity contribution in [1.82, 2.24) is 24.8 Å². The number of hydrogen-bond donors (Lipinski definition) is 1. The van der Waals surface area contributed by atoms with Crippen LogP contribution in [0.1, 0.15) is 66.5 Å². The standard InChI is InChI=1S/C29H36F2N6O3.C20H24ClF2N3O2/c1-18-17-36(6-7-37(18)28(38)40-29(3,4)5)27-19(2)26(25-23(31)12-20(30)13-24(25)34-27)33-21-14-22(16-32-15-21)35-8-10-39-11-9-35;1-11-10-25(6-7-26(11)19(27)28-20(3,4)5)18-12(2)17(21)16-14(23)8-13(22)9-15(16)24-18/h12-16,18H,6-11,17H2,1-5H3,(H,33,34);8-9,11H,6-7,10H2,1-5H3/t18-;11-/m11/s1. The summed E-state index contributed by atoms with van der Waals surface area (Å²) in [6, 6.07) is 5.78. The predicted octanol–water partition coefficient (Wildman–Crippen LogP) is 10.2. The predicted molar refractivity (Wildman–Crippen MR) is 258 cm³/mol. The van der Waals surface area contributed by atoms with Gasteiger partial charge in [0.1, 0.15) is 46.1 Å². The molecule has 0 aliphatic carbocycles. The van der Waals surface area contributed by atoms with E-state index < -0.39 is 34.5 Å². The second-order valence-electron chi connectivity index (χ2n) is 19.5. The molecule has 8 rings (SSSR count). The molecule has 0 saturated carbocycles. The van der Waals surface area contributed by atoms with Crippen molar-refractivity contribution >= 4 is 74.3 Å². The van der Waals surface area contributed by atoms with Gasteiger partial charge in [0, 0.05) is 99.8 Å². The zero-order valence-corrected chi connectivity index (χ0v) is 41.0. The second kappa shape index (κ2) is 20.0. The largest absolute Gasteiger partial charge is 0.444 e. The minimum absolute atomic E-state index is 0.116. The molecule has 0 unspecified atom stereocenters. The van der Waals surface area contributed by atoms with Crippen molar-refractivity contribution in [3.8, 4) is 0 Å². The van der Waals surface area contributed by atoms with Gasteiger partial charge < -0.3 is 44.0 Å². The van der Waals surface area contributed by atoms with Crippen molar-refractivity contribution in [3.63, 3.8) is 0 Å². The number of nitrogens with one attached hydrogen (secondary N) is 1. The van der Waals surface area contributed by atoms with Crippen molar-refractivity contribution in [3.05, 3.63) is 82.1 Å². The van der Waals surface area contributed by atoms with Gasteiger partial charge in [-0.05, 0) is 75.3 Å². The molecule has 68 heavy (non-hydrogen) atoms. The number of amides is 2. The molecule has 1 N–H and O–H groups in total. The molecule has 14 nitrogen and oxygen atoms in total. The number of halogens is 5. The van der Waals surface area contributed by atoms with Crippen molar-refractivity contribution in [2.45, 2.75) is 92.5 Å². The Bertz CT molecular complexity index is 2690. The highest BCUT2D eigenvalue weighted by molar-refractivity contribution is 6.36. The smallest absolute Gasteiger partial charge is 0.410 e. The third-order valence-corrected chi connectivity index (χ3v) is 12.3. The molecule has 2 atom stereocenters. The molecule has 0 bridgehead atoms. The Hall–Kier alpha value is -5.88. The van der Waals surface area contributed by atoms with Crippen LogP contribution >= 0.6 is 11.6 Å². The highest BCUT2D eigenvalue weighted by atomic mass is 35.5. The van der Waals surface area contributed by atoms with Crippen LogP contribution in [0.25, 0.3) is 21.8 Å². The number of nitrogens with zero attached hydrogens (tertiary/aromatic N) is 8. The van der Waals surface area contributed by atoms with E-state index in [1.165, 1.54) is 12.1 Å². The van der Waals surface area contributed by atoms with Gasteiger partial charge in [-0.15, -0.1) is 0 Å². The Kier molecular flexibility index (Phi) is 14.7. The van der Waals surface area contributed by atoms with Crippen LogP contribution < -0.4 is 20.0 Å². The number of rotatable bonds is 5. The molecular formula is C49H60ClF4N9O5. The molecule has 0 radical (unpaired) electrons. The number of ether oxygens (including phenoxy) is 3. The molecule has 19 heteroatoms. The van der Waals surface area contributed by atoms with E-state index in [1.54, 1.807) is 29.1 Å². The lowest BCUT2D eigenvalue weighted by atomic mass is 10.1. The molecular weight excluding hydrogens is 906 g/mol. The van der Waals surface area contributed by atoms with Crippen LogP contribution in [0.4, 0.5) is 55.8 Å². The zero-order valence-electron chi connectivity index (χ0n) is 40.3. The zero-order chi connectivity index (χ0) is 49.4. The van der Waals surface area contributed by atoms with Crippen molar-refractivity contribution in [1.29, 1.82) is 0 Å². The van der Waals surface area contributed by atoms with E-state index in [0.717, 1.165) is 30.9 Å². The first-order chi connectivity index (χ1) is 32.0.